The Balaban J connectivity index is 3.04. The second-order valence-electron chi connectivity index (χ2n) is 4.95. The Labute approximate surface area is 110 Å². The Morgan fingerprint density at radius 2 is 1.79 bits per heavy atom. The molecule has 5 heteroatoms. The van der Waals surface area contributed by atoms with Gasteiger partial charge < -0.3 is 9.84 Å². The van der Waals surface area contributed by atoms with Crippen LogP contribution in [0.1, 0.15) is 26.3 Å². The third-order valence-corrected chi connectivity index (χ3v) is 3.08. The first-order valence-electron chi connectivity index (χ1n) is 5.64. The van der Waals surface area contributed by atoms with E-state index in [9.17, 15) is 18.3 Å². The van der Waals surface area contributed by atoms with Gasteiger partial charge in [0.1, 0.15) is 17.0 Å². The summed E-state index contributed by atoms with van der Waals surface area (Å²) in [6.45, 7) is 9.80. The minimum atomic E-state index is -4.44. The zero-order valence-electron chi connectivity index (χ0n) is 11.0. The van der Waals surface area contributed by atoms with Crippen molar-refractivity contribution < 1.29 is 23.0 Å². The van der Waals surface area contributed by atoms with Gasteiger partial charge >= 0.3 is 6.18 Å². The lowest BCUT2D eigenvalue weighted by molar-refractivity contribution is -0.137. The Morgan fingerprint density at radius 3 is 2.26 bits per heavy atom. The summed E-state index contributed by atoms with van der Waals surface area (Å²) in [5.74, 6) is 0.0157. The predicted octanol–water partition coefficient (Wildman–Crippen LogP) is 3.60. The quantitative estimate of drug-likeness (QED) is 0.908. The monoisotopic (exact) mass is 273 g/mol. The summed E-state index contributed by atoms with van der Waals surface area (Å²) in [6, 6.07) is 4.47. The van der Waals surface area contributed by atoms with Gasteiger partial charge in [0.05, 0.1) is 5.56 Å². The SMILES string of the molecule is [CH]=CC(C)(O)C(C)(C)Oc1cccc(C(F)(F)F)c1. The van der Waals surface area contributed by atoms with Crippen LogP contribution >= 0.6 is 0 Å². The molecule has 0 aromatic heterocycles. The van der Waals surface area contributed by atoms with E-state index in [1.54, 1.807) is 0 Å². The maximum Gasteiger partial charge on any atom is 0.416 e. The van der Waals surface area contributed by atoms with E-state index in [4.69, 9.17) is 11.3 Å². The van der Waals surface area contributed by atoms with Crippen molar-refractivity contribution in [3.63, 3.8) is 0 Å². The van der Waals surface area contributed by atoms with Gasteiger partial charge in [-0.05, 0) is 45.0 Å². The van der Waals surface area contributed by atoms with Gasteiger partial charge in [-0.1, -0.05) is 12.6 Å². The average Bonchev–Trinajstić information content (AvgIpc) is 2.27. The number of hydrogen-bond acceptors (Lipinski definition) is 2. The van der Waals surface area contributed by atoms with Crippen molar-refractivity contribution in [2.45, 2.75) is 38.1 Å². The Bertz CT molecular complexity index is 462. The largest absolute Gasteiger partial charge is 0.485 e. The molecular weight excluding hydrogens is 257 g/mol. The fourth-order valence-corrected chi connectivity index (χ4v) is 1.33. The third kappa shape index (κ3) is 3.50. The first kappa shape index (κ1) is 15.6. The zero-order chi connectivity index (χ0) is 14.9. The van der Waals surface area contributed by atoms with Gasteiger partial charge in [-0.25, -0.2) is 0 Å². The number of rotatable bonds is 4. The smallest absolute Gasteiger partial charge is 0.416 e. The maximum atomic E-state index is 12.6. The molecule has 0 aliphatic rings. The molecule has 1 atom stereocenters. The molecule has 2 nitrogen and oxygen atoms in total. The molecule has 0 aliphatic heterocycles. The topological polar surface area (TPSA) is 29.5 Å². The van der Waals surface area contributed by atoms with E-state index in [0.717, 1.165) is 18.2 Å². The number of ether oxygens (including phenoxy) is 1. The molecule has 19 heavy (non-hydrogen) atoms. The number of hydrogen-bond donors (Lipinski definition) is 1. The van der Waals surface area contributed by atoms with Crippen LogP contribution in [0.4, 0.5) is 13.2 Å². The van der Waals surface area contributed by atoms with Gasteiger partial charge in [0.15, 0.2) is 0 Å². The number of alkyl halides is 3. The molecule has 1 aromatic rings. The molecule has 0 heterocycles. The Hall–Kier alpha value is -1.49. The molecule has 0 bridgehead atoms. The molecule has 1 radical (unpaired) electrons. The molecule has 1 N–H and O–H groups in total. The normalized spacial score (nSPS) is 15.7. The minimum absolute atomic E-state index is 0.0157. The van der Waals surface area contributed by atoms with E-state index < -0.39 is 22.9 Å². The van der Waals surface area contributed by atoms with Crippen molar-refractivity contribution in [2.75, 3.05) is 0 Å². The highest BCUT2D eigenvalue weighted by Gasteiger charge is 2.39. The van der Waals surface area contributed by atoms with Crippen molar-refractivity contribution in [1.82, 2.24) is 0 Å². The lowest BCUT2D eigenvalue weighted by Gasteiger charge is -2.38. The first-order valence-corrected chi connectivity index (χ1v) is 5.64. The van der Waals surface area contributed by atoms with E-state index in [1.807, 2.05) is 0 Å². The molecule has 1 unspecified atom stereocenters. The predicted molar refractivity (Wildman–Crippen MR) is 65.6 cm³/mol. The average molecular weight is 273 g/mol. The lowest BCUT2D eigenvalue weighted by atomic mass is 9.87. The summed E-state index contributed by atoms with van der Waals surface area (Å²) in [7, 11) is 0. The molecule has 0 fully saturated rings. The van der Waals surface area contributed by atoms with Gasteiger partial charge in [-0.2, -0.15) is 13.2 Å². The van der Waals surface area contributed by atoms with E-state index in [0.29, 0.717) is 0 Å². The molecule has 1 rings (SSSR count). The fraction of sp³-hybridized carbons (Fsp3) is 0.429. The molecule has 0 saturated carbocycles. The van der Waals surface area contributed by atoms with E-state index in [-0.39, 0.29) is 5.75 Å². The summed E-state index contributed by atoms with van der Waals surface area (Å²) in [5, 5.41) is 10.0. The molecule has 1 aromatic carbocycles. The second-order valence-corrected chi connectivity index (χ2v) is 4.95. The highest BCUT2D eigenvalue weighted by molar-refractivity contribution is 5.31. The molecule has 105 valence electrons. The minimum Gasteiger partial charge on any atom is -0.485 e. The van der Waals surface area contributed by atoms with E-state index >= 15 is 0 Å². The molecule has 0 saturated heterocycles. The number of aliphatic hydroxyl groups is 1. The summed E-state index contributed by atoms with van der Waals surface area (Å²) in [6.07, 6.45) is -3.40. The van der Waals surface area contributed by atoms with Crippen LogP contribution in [0.5, 0.6) is 5.75 Å². The standard InChI is InChI=1S/C14H16F3O2/c1-5-13(4,18)12(2,3)19-11-8-6-7-10(9-11)14(15,16)17/h1,5-9,18H,2-4H3. The maximum absolute atomic E-state index is 12.6. The van der Waals surface area contributed by atoms with Crippen molar-refractivity contribution >= 4 is 0 Å². The van der Waals surface area contributed by atoms with Gasteiger partial charge in [-0.3, -0.25) is 0 Å². The lowest BCUT2D eigenvalue weighted by Crippen LogP contribution is -2.50. The van der Waals surface area contributed by atoms with Crippen LogP contribution in [-0.2, 0) is 6.18 Å². The summed E-state index contributed by atoms with van der Waals surface area (Å²) in [5.41, 5.74) is -3.47. The van der Waals surface area contributed by atoms with E-state index in [1.165, 1.54) is 32.9 Å². The second kappa shape index (κ2) is 4.89. The summed E-state index contributed by atoms with van der Waals surface area (Å²) in [4.78, 5) is 0. The van der Waals surface area contributed by atoms with Crippen molar-refractivity contribution in [3.05, 3.63) is 42.5 Å². The van der Waals surface area contributed by atoms with Gasteiger partial charge in [0.25, 0.3) is 0 Å². The van der Waals surface area contributed by atoms with Gasteiger partial charge in [-0.15, -0.1) is 0 Å². The molecule has 0 spiro atoms. The highest BCUT2D eigenvalue weighted by Crippen LogP contribution is 2.34. The van der Waals surface area contributed by atoms with E-state index in [2.05, 4.69) is 0 Å². The molecule has 0 amide bonds. The summed E-state index contributed by atoms with van der Waals surface area (Å²) >= 11 is 0. The van der Waals surface area contributed by atoms with Gasteiger partial charge in [0.2, 0.25) is 0 Å². The number of halogens is 3. The van der Waals surface area contributed by atoms with Crippen LogP contribution in [-0.4, -0.2) is 16.3 Å². The van der Waals surface area contributed by atoms with Gasteiger partial charge in [0, 0.05) is 0 Å². The first-order chi connectivity index (χ1) is 8.49. The number of benzene rings is 1. The van der Waals surface area contributed by atoms with Crippen LogP contribution in [0.15, 0.2) is 30.3 Å². The zero-order valence-corrected chi connectivity index (χ0v) is 11.0. The van der Waals surface area contributed by atoms with Crippen LogP contribution in [0.3, 0.4) is 0 Å². The molecular formula is C14H16F3O2. The van der Waals surface area contributed by atoms with Crippen molar-refractivity contribution in [1.29, 1.82) is 0 Å². The summed E-state index contributed by atoms with van der Waals surface area (Å²) < 4.78 is 43.1. The van der Waals surface area contributed by atoms with Crippen molar-refractivity contribution in [2.24, 2.45) is 0 Å². The molecule has 0 aliphatic carbocycles. The van der Waals surface area contributed by atoms with Crippen LogP contribution in [0, 0.1) is 6.58 Å². The highest BCUT2D eigenvalue weighted by atomic mass is 19.4. The van der Waals surface area contributed by atoms with Crippen LogP contribution in [0.2, 0.25) is 0 Å². The fourth-order valence-electron chi connectivity index (χ4n) is 1.33. The third-order valence-electron chi connectivity index (χ3n) is 3.08. The Morgan fingerprint density at radius 1 is 1.21 bits per heavy atom. The van der Waals surface area contributed by atoms with Crippen LogP contribution < -0.4 is 4.74 Å². The van der Waals surface area contributed by atoms with Crippen molar-refractivity contribution in [3.8, 4) is 5.75 Å². The van der Waals surface area contributed by atoms with Crippen LogP contribution in [0.25, 0.3) is 0 Å². The Kier molecular flexibility index (Phi) is 4.00.